The van der Waals surface area contributed by atoms with Crippen molar-refractivity contribution in [1.29, 1.82) is 0 Å². The van der Waals surface area contributed by atoms with Crippen molar-refractivity contribution < 1.29 is 13.2 Å². The molecule has 7 heteroatoms. The van der Waals surface area contributed by atoms with Crippen LogP contribution in [-0.4, -0.2) is 49.1 Å². The zero-order valence-corrected chi connectivity index (χ0v) is 18.1. The monoisotopic (exact) mass is 415 g/mol. The molecule has 1 aromatic carbocycles. The summed E-state index contributed by atoms with van der Waals surface area (Å²) in [5.74, 6) is 0.0503. The molecule has 1 atom stereocenters. The highest BCUT2D eigenvalue weighted by atomic mass is 32.2. The number of carbonyl (C=O) groups excluding carboxylic acids is 1. The summed E-state index contributed by atoms with van der Waals surface area (Å²) in [4.78, 5) is 18.7. The number of hydrogen-bond donors (Lipinski definition) is 1. The minimum atomic E-state index is -3.27. The van der Waals surface area contributed by atoms with E-state index in [2.05, 4.69) is 9.71 Å². The molecule has 1 saturated heterocycles. The van der Waals surface area contributed by atoms with Crippen molar-refractivity contribution in [2.75, 3.05) is 19.6 Å². The predicted molar refractivity (Wildman–Crippen MR) is 115 cm³/mol. The van der Waals surface area contributed by atoms with E-state index in [1.807, 2.05) is 48.2 Å². The summed E-state index contributed by atoms with van der Waals surface area (Å²) in [5.41, 5.74) is 3.48. The zero-order chi connectivity index (χ0) is 21.0. The molecule has 29 heavy (non-hydrogen) atoms. The SMILES string of the molecule is CC(CNS(=O)(=O)C(C)C)c1ccc(-c2ccnc(C(=O)N3CCCC3)c2)cc1. The molecule has 0 radical (unpaired) electrons. The van der Waals surface area contributed by atoms with Crippen LogP contribution in [0.25, 0.3) is 11.1 Å². The number of amides is 1. The van der Waals surface area contributed by atoms with E-state index in [9.17, 15) is 13.2 Å². The van der Waals surface area contributed by atoms with Crippen molar-refractivity contribution in [3.05, 3.63) is 53.9 Å². The molecule has 1 N–H and O–H groups in total. The van der Waals surface area contributed by atoms with Crippen LogP contribution < -0.4 is 4.72 Å². The number of nitrogens with one attached hydrogen (secondary N) is 1. The van der Waals surface area contributed by atoms with Gasteiger partial charge in [-0.25, -0.2) is 13.1 Å². The van der Waals surface area contributed by atoms with Crippen molar-refractivity contribution >= 4 is 15.9 Å². The Hall–Kier alpha value is -2.25. The molecule has 1 amide bonds. The molecule has 0 saturated carbocycles. The van der Waals surface area contributed by atoms with Crippen LogP contribution in [-0.2, 0) is 10.0 Å². The van der Waals surface area contributed by atoms with Crippen molar-refractivity contribution in [2.24, 2.45) is 0 Å². The van der Waals surface area contributed by atoms with Crippen LogP contribution in [0.2, 0.25) is 0 Å². The first kappa shape index (κ1) is 21.5. The number of aromatic nitrogens is 1. The van der Waals surface area contributed by atoms with Crippen LogP contribution in [0.5, 0.6) is 0 Å². The van der Waals surface area contributed by atoms with Gasteiger partial charge in [0.05, 0.1) is 5.25 Å². The van der Waals surface area contributed by atoms with Crippen molar-refractivity contribution in [3.63, 3.8) is 0 Å². The summed E-state index contributed by atoms with van der Waals surface area (Å²) in [5, 5.41) is -0.443. The van der Waals surface area contributed by atoms with Gasteiger partial charge in [-0.15, -0.1) is 0 Å². The van der Waals surface area contributed by atoms with Gasteiger partial charge in [-0.3, -0.25) is 9.78 Å². The van der Waals surface area contributed by atoms with Crippen molar-refractivity contribution in [3.8, 4) is 11.1 Å². The fraction of sp³-hybridized carbons (Fsp3) is 0.455. The molecular formula is C22H29N3O3S. The lowest BCUT2D eigenvalue weighted by Crippen LogP contribution is -2.33. The second-order valence-corrected chi connectivity index (χ2v) is 10.2. The Morgan fingerprint density at radius 2 is 1.72 bits per heavy atom. The lowest BCUT2D eigenvalue weighted by atomic mass is 9.98. The van der Waals surface area contributed by atoms with Gasteiger partial charge in [0.2, 0.25) is 10.0 Å². The Labute approximate surface area is 173 Å². The normalized spacial score (nSPS) is 15.7. The molecule has 1 fully saturated rings. The van der Waals surface area contributed by atoms with E-state index in [0.717, 1.165) is 42.6 Å². The number of pyridine rings is 1. The number of rotatable bonds is 7. The molecule has 3 rings (SSSR count). The molecule has 2 heterocycles. The average Bonchev–Trinajstić information content (AvgIpc) is 3.26. The third-order valence-electron chi connectivity index (χ3n) is 5.40. The van der Waals surface area contributed by atoms with E-state index in [1.54, 1.807) is 20.0 Å². The molecule has 1 aliphatic heterocycles. The Kier molecular flexibility index (Phi) is 6.70. The second-order valence-electron chi connectivity index (χ2n) is 7.89. The standard InChI is InChI=1S/C22H29N3O3S/c1-16(2)29(27,28)24-15-17(3)18-6-8-19(9-7-18)20-10-11-23-21(14-20)22(26)25-12-4-5-13-25/h6-11,14,16-17,24H,4-5,12-13,15H2,1-3H3. The number of nitrogens with zero attached hydrogens (tertiary/aromatic N) is 2. The van der Waals surface area contributed by atoms with Gasteiger partial charge in [-0.05, 0) is 61.4 Å². The van der Waals surface area contributed by atoms with Crippen LogP contribution in [0, 0.1) is 0 Å². The Morgan fingerprint density at radius 3 is 2.34 bits per heavy atom. The summed E-state index contributed by atoms with van der Waals surface area (Å²) in [6.07, 6.45) is 3.78. The first-order chi connectivity index (χ1) is 13.8. The summed E-state index contributed by atoms with van der Waals surface area (Å²) < 4.78 is 26.6. The first-order valence-electron chi connectivity index (χ1n) is 10.1. The highest BCUT2D eigenvalue weighted by Gasteiger charge is 2.21. The summed E-state index contributed by atoms with van der Waals surface area (Å²) >= 11 is 0. The van der Waals surface area contributed by atoms with Crippen LogP contribution in [0.1, 0.15) is 55.6 Å². The number of likely N-dealkylation sites (tertiary alicyclic amines) is 1. The lowest BCUT2D eigenvalue weighted by Gasteiger charge is -2.16. The van der Waals surface area contributed by atoms with Crippen LogP contribution >= 0.6 is 0 Å². The van der Waals surface area contributed by atoms with Crippen LogP contribution in [0.3, 0.4) is 0 Å². The van der Waals surface area contributed by atoms with Gasteiger partial charge in [-0.1, -0.05) is 31.2 Å². The summed E-state index contributed by atoms with van der Waals surface area (Å²) in [6.45, 7) is 7.30. The van der Waals surface area contributed by atoms with Gasteiger partial charge in [0.25, 0.3) is 5.91 Å². The highest BCUT2D eigenvalue weighted by Crippen LogP contribution is 2.24. The maximum Gasteiger partial charge on any atom is 0.272 e. The Bertz CT molecular complexity index is 950. The largest absolute Gasteiger partial charge is 0.337 e. The van der Waals surface area contributed by atoms with Crippen molar-refractivity contribution in [1.82, 2.24) is 14.6 Å². The maximum atomic E-state index is 12.6. The quantitative estimate of drug-likeness (QED) is 0.751. The summed E-state index contributed by atoms with van der Waals surface area (Å²) in [6, 6.07) is 11.8. The van der Waals surface area contributed by atoms with Gasteiger partial charge < -0.3 is 4.90 Å². The van der Waals surface area contributed by atoms with Crippen molar-refractivity contribution in [2.45, 2.75) is 44.8 Å². The topological polar surface area (TPSA) is 79.4 Å². The fourth-order valence-electron chi connectivity index (χ4n) is 3.34. The van der Waals surface area contributed by atoms with Crippen LogP contribution in [0.4, 0.5) is 0 Å². The molecule has 2 aromatic rings. The smallest absolute Gasteiger partial charge is 0.272 e. The Balaban J connectivity index is 1.70. The van der Waals surface area contributed by atoms with Gasteiger partial charge in [0.15, 0.2) is 0 Å². The number of carbonyl (C=O) groups is 1. The molecule has 1 aliphatic rings. The fourth-order valence-corrected chi connectivity index (χ4v) is 4.15. The molecule has 156 valence electrons. The molecule has 6 nitrogen and oxygen atoms in total. The van der Waals surface area contributed by atoms with Gasteiger partial charge >= 0.3 is 0 Å². The molecule has 1 unspecified atom stereocenters. The average molecular weight is 416 g/mol. The molecule has 0 bridgehead atoms. The zero-order valence-electron chi connectivity index (χ0n) is 17.3. The predicted octanol–water partition coefficient (Wildman–Crippen LogP) is 3.42. The minimum Gasteiger partial charge on any atom is -0.337 e. The van der Waals surface area contributed by atoms with E-state index in [4.69, 9.17) is 0 Å². The van der Waals surface area contributed by atoms with Gasteiger partial charge in [0, 0.05) is 25.8 Å². The minimum absolute atomic E-state index is 0.00738. The van der Waals surface area contributed by atoms with Crippen LogP contribution in [0.15, 0.2) is 42.6 Å². The number of hydrogen-bond acceptors (Lipinski definition) is 4. The lowest BCUT2D eigenvalue weighted by molar-refractivity contribution is 0.0787. The second kappa shape index (κ2) is 9.05. The maximum absolute atomic E-state index is 12.6. The van der Waals surface area contributed by atoms with Gasteiger partial charge in [0.1, 0.15) is 5.69 Å². The molecule has 0 aliphatic carbocycles. The number of sulfonamides is 1. The van der Waals surface area contributed by atoms with E-state index in [-0.39, 0.29) is 11.8 Å². The molecule has 0 spiro atoms. The van der Waals surface area contributed by atoms with Gasteiger partial charge in [-0.2, -0.15) is 0 Å². The van der Waals surface area contributed by atoms with E-state index in [1.165, 1.54) is 0 Å². The Morgan fingerprint density at radius 1 is 1.07 bits per heavy atom. The van der Waals surface area contributed by atoms with E-state index < -0.39 is 15.3 Å². The van der Waals surface area contributed by atoms with E-state index >= 15 is 0 Å². The molecule has 1 aromatic heterocycles. The number of benzene rings is 1. The summed E-state index contributed by atoms with van der Waals surface area (Å²) in [7, 11) is -3.27. The first-order valence-corrected chi connectivity index (χ1v) is 11.7. The third-order valence-corrected chi connectivity index (χ3v) is 7.21. The highest BCUT2D eigenvalue weighted by molar-refractivity contribution is 7.90. The van der Waals surface area contributed by atoms with E-state index in [0.29, 0.717) is 12.2 Å². The molecular weight excluding hydrogens is 386 g/mol. The third kappa shape index (κ3) is 5.22.